The number of hydrogen-bond donors (Lipinski definition) is 0. The van der Waals surface area contributed by atoms with E-state index in [0.29, 0.717) is 22.6 Å². The molecule has 24 heavy (non-hydrogen) atoms. The van der Waals surface area contributed by atoms with Crippen LogP contribution in [0.25, 0.3) is 0 Å². The number of fused-ring (bicyclic) bond motifs is 1. The Kier molecular flexibility index (Phi) is 3.97. The first-order chi connectivity index (χ1) is 11.4. The molecule has 1 aromatic heterocycles. The van der Waals surface area contributed by atoms with Crippen molar-refractivity contribution in [2.75, 3.05) is 7.11 Å². The molecule has 0 radical (unpaired) electrons. The Bertz CT molecular complexity index is 880. The van der Waals surface area contributed by atoms with Crippen LogP contribution in [0.2, 0.25) is 0 Å². The van der Waals surface area contributed by atoms with Crippen molar-refractivity contribution in [3.05, 3.63) is 63.1 Å². The fourth-order valence-electron chi connectivity index (χ4n) is 2.90. The fraction of sp³-hybridized carbons (Fsp3) is 0.278. The van der Waals surface area contributed by atoms with E-state index in [4.69, 9.17) is 4.74 Å². The van der Waals surface area contributed by atoms with E-state index >= 15 is 0 Å². The van der Waals surface area contributed by atoms with Gasteiger partial charge in [0.2, 0.25) is 0 Å². The molecule has 0 bridgehead atoms. The second-order valence-electron chi connectivity index (χ2n) is 5.77. The number of benzene rings is 1. The maximum atomic E-state index is 12.6. The molecule has 124 valence electrons. The van der Waals surface area contributed by atoms with Crippen molar-refractivity contribution >= 4 is 11.9 Å². The average molecular weight is 327 g/mol. The lowest BCUT2D eigenvalue weighted by molar-refractivity contribution is -0.135. The molecule has 0 fully saturated rings. The summed E-state index contributed by atoms with van der Waals surface area (Å²) in [6.45, 7) is 1.78. The van der Waals surface area contributed by atoms with E-state index < -0.39 is 11.9 Å². The van der Waals surface area contributed by atoms with Gasteiger partial charge in [-0.3, -0.25) is 9.59 Å². The molecule has 0 amide bonds. The highest BCUT2D eigenvalue weighted by Gasteiger charge is 2.32. The van der Waals surface area contributed by atoms with Gasteiger partial charge in [0.25, 0.3) is 5.56 Å². The summed E-state index contributed by atoms with van der Waals surface area (Å²) in [5.74, 6) is -0.894. The van der Waals surface area contributed by atoms with Gasteiger partial charge in [-0.2, -0.15) is 0 Å². The van der Waals surface area contributed by atoms with E-state index in [1.807, 2.05) is 0 Å². The minimum atomic E-state index is -0.434. The average Bonchev–Trinajstić information content (AvgIpc) is 2.58. The predicted octanol–water partition coefficient (Wildman–Crippen LogP) is 1.92. The number of nitrogens with zero attached hydrogens (tertiary/aromatic N) is 1. The van der Waals surface area contributed by atoms with Crippen LogP contribution in [-0.4, -0.2) is 23.6 Å². The summed E-state index contributed by atoms with van der Waals surface area (Å²) in [5, 5.41) is 0. The van der Waals surface area contributed by atoms with Crippen LogP contribution in [0.15, 0.2) is 35.1 Å². The standard InChI is InChI=1S/C18H17NO5/c1-10-8-14-16(17(21)19(10)2)13(9-15(20)24-14)11-4-6-12(7-5-11)18(22)23-3/h4-8,13H,9H2,1-3H3/t13-/m1/s1. The minimum Gasteiger partial charge on any atom is -0.465 e. The second kappa shape index (κ2) is 5.96. The van der Waals surface area contributed by atoms with Gasteiger partial charge in [-0.15, -0.1) is 0 Å². The van der Waals surface area contributed by atoms with Crippen LogP contribution in [0.3, 0.4) is 0 Å². The number of carbonyl (C=O) groups is 2. The number of ether oxygens (including phenoxy) is 2. The summed E-state index contributed by atoms with van der Waals surface area (Å²) in [6.07, 6.45) is 0.0862. The summed E-state index contributed by atoms with van der Waals surface area (Å²) >= 11 is 0. The van der Waals surface area contributed by atoms with Crippen molar-refractivity contribution in [3.8, 4) is 5.75 Å². The van der Waals surface area contributed by atoms with Crippen molar-refractivity contribution in [1.82, 2.24) is 4.57 Å². The van der Waals surface area contributed by atoms with Crippen LogP contribution in [0.5, 0.6) is 5.75 Å². The molecule has 0 spiro atoms. The van der Waals surface area contributed by atoms with Crippen molar-refractivity contribution < 1.29 is 19.1 Å². The molecule has 2 aromatic rings. The van der Waals surface area contributed by atoms with Crippen LogP contribution in [0.1, 0.15) is 39.5 Å². The van der Waals surface area contributed by atoms with Crippen molar-refractivity contribution in [3.63, 3.8) is 0 Å². The first kappa shape index (κ1) is 16.0. The van der Waals surface area contributed by atoms with E-state index in [1.165, 1.54) is 11.7 Å². The van der Waals surface area contributed by atoms with Gasteiger partial charge in [0.05, 0.1) is 24.7 Å². The van der Waals surface area contributed by atoms with Gasteiger partial charge in [0.15, 0.2) is 0 Å². The van der Waals surface area contributed by atoms with E-state index in [2.05, 4.69) is 4.74 Å². The van der Waals surface area contributed by atoms with Crippen LogP contribution >= 0.6 is 0 Å². The van der Waals surface area contributed by atoms with E-state index in [1.54, 1.807) is 44.3 Å². The summed E-state index contributed by atoms with van der Waals surface area (Å²) in [7, 11) is 3.00. The lowest BCUT2D eigenvalue weighted by Gasteiger charge is -2.25. The number of carbonyl (C=O) groups excluding carboxylic acids is 2. The molecule has 1 aliphatic heterocycles. The zero-order chi connectivity index (χ0) is 17.4. The SMILES string of the molecule is COC(=O)c1ccc([C@H]2CC(=O)Oc3cc(C)n(C)c(=O)c32)cc1. The summed E-state index contributed by atoms with van der Waals surface area (Å²) < 4.78 is 11.5. The number of rotatable bonds is 2. The molecular formula is C18H17NO5. The highest BCUT2D eigenvalue weighted by molar-refractivity contribution is 5.89. The van der Waals surface area contributed by atoms with Crippen LogP contribution in [-0.2, 0) is 16.6 Å². The van der Waals surface area contributed by atoms with E-state index in [0.717, 1.165) is 5.56 Å². The smallest absolute Gasteiger partial charge is 0.337 e. The molecule has 0 saturated carbocycles. The van der Waals surface area contributed by atoms with Gasteiger partial charge in [0, 0.05) is 24.7 Å². The Hall–Kier alpha value is -2.89. The minimum absolute atomic E-state index is 0.0862. The van der Waals surface area contributed by atoms with Gasteiger partial charge in [-0.05, 0) is 24.6 Å². The van der Waals surface area contributed by atoms with Gasteiger partial charge in [-0.25, -0.2) is 4.79 Å². The zero-order valence-electron chi connectivity index (χ0n) is 13.7. The number of pyridine rings is 1. The lowest BCUT2D eigenvalue weighted by Crippen LogP contribution is -2.31. The van der Waals surface area contributed by atoms with Crippen LogP contribution < -0.4 is 10.3 Å². The number of hydrogen-bond acceptors (Lipinski definition) is 5. The van der Waals surface area contributed by atoms with Crippen LogP contribution in [0.4, 0.5) is 0 Å². The Morgan fingerprint density at radius 1 is 1.25 bits per heavy atom. The molecule has 1 aliphatic rings. The highest BCUT2D eigenvalue weighted by atomic mass is 16.5. The Labute approximate surface area is 138 Å². The third kappa shape index (κ3) is 2.60. The number of methoxy groups -OCH3 is 1. The van der Waals surface area contributed by atoms with Crippen molar-refractivity contribution in [1.29, 1.82) is 0 Å². The number of aryl methyl sites for hydroxylation is 1. The molecule has 0 aliphatic carbocycles. The third-order valence-corrected chi connectivity index (χ3v) is 4.35. The van der Waals surface area contributed by atoms with Gasteiger partial charge in [0.1, 0.15) is 5.75 Å². The maximum Gasteiger partial charge on any atom is 0.337 e. The molecule has 3 rings (SSSR count). The molecule has 0 N–H and O–H groups in total. The van der Waals surface area contributed by atoms with Gasteiger partial charge >= 0.3 is 11.9 Å². The van der Waals surface area contributed by atoms with Gasteiger partial charge < -0.3 is 14.0 Å². The molecular weight excluding hydrogens is 310 g/mol. The molecule has 6 nitrogen and oxygen atoms in total. The van der Waals surface area contributed by atoms with E-state index in [-0.39, 0.29) is 17.9 Å². The topological polar surface area (TPSA) is 74.6 Å². The van der Waals surface area contributed by atoms with Crippen molar-refractivity contribution in [2.24, 2.45) is 7.05 Å². The number of aromatic nitrogens is 1. The predicted molar refractivity (Wildman–Crippen MR) is 86.3 cm³/mol. The van der Waals surface area contributed by atoms with E-state index in [9.17, 15) is 14.4 Å². The number of esters is 2. The molecule has 0 saturated heterocycles. The second-order valence-corrected chi connectivity index (χ2v) is 5.77. The zero-order valence-corrected chi connectivity index (χ0v) is 13.7. The highest BCUT2D eigenvalue weighted by Crippen LogP contribution is 2.36. The Morgan fingerprint density at radius 2 is 1.92 bits per heavy atom. The fourth-order valence-corrected chi connectivity index (χ4v) is 2.90. The summed E-state index contributed by atoms with van der Waals surface area (Å²) in [5.41, 5.74) is 2.19. The maximum absolute atomic E-state index is 12.6. The van der Waals surface area contributed by atoms with Crippen molar-refractivity contribution in [2.45, 2.75) is 19.3 Å². The molecule has 6 heteroatoms. The first-order valence-electron chi connectivity index (χ1n) is 7.52. The first-order valence-corrected chi connectivity index (χ1v) is 7.52. The quantitative estimate of drug-likeness (QED) is 0.788. The normalized spacial score (nSPS) is 16.3. The monoisotopic (exact) mass is 327 g/mol. The van der Waals surface area contributed by atoms with Crippen LogP contribution in [0, 0.1) is 6.92 Å². The molecule has 2 heterocycles. The summed E-state index contributed by atoms with van der Waals surface area (Å²) in [4.78, 5) is 36.1. The largest absolute Gasteiger partial charge is 0.465 e. The molecule has 1 atom stereocenters. The lowest BCUT2D eigenvalue weighted by atomic mass is 9.86. The molecule has 1 aromatic carbocycles. The summed E-state index contributed by atoms with van der Waals surface area (Å²) in [6, 6.07) is 8.42. The third-order valence-electron chi connectivity index (χ3n) is 4.35. The van der Waals surface area contributed by atoms with Gasteiger partial charge in [-0.1, -0.05) is 12.1 Å². The molecule has 0 unspecified atom stereocenters. The Morgan fingerprint density at radius 3 is 2.54 bits per heavy atom. The Balaban J connectivity index is 2.10.